The van der Waals surface area contributed by atoms with Gasteiger partial charge in [0.15, 0.2) is 18.1 Å². The lowest BCUT2D eigenvalue weighted by Gasteiger charge is -2.09. The molecule has 0 atom stereocenters. The summed E-state index contributed by atoms with van der Waals surface area (Å²) in [6, 6.07) is 17.6. The molecule has 0 spiro atoms. The number of pyridine rings is 1. The smallest absolute Gasteiger partial charge is 0.262 e. The number of aromatic nitrogens is 1. The van der Waals surface area contributed by atoms with Gasteiger partial charge in [-0.25, -0.2) is 4.98 Å². The van der Waals surface area contributed by atoms with Crippen LogP contribution in [0.4, 0.5) is 5.69 Å². The van der Waals surface area contributed by atoms with Crippen LogP contribution in [0.5, 0.6) is 28.9 Å². The van der Waals surface area contributed by atoms with Crippen molar-refractivity contribution < 1.29 is 23.7 Å². The summed E-state index contributed by atoms with van der Waals surface area (Å²) in [6.45, 7) is 0.0498. The van der Waals surface area contributed by atoms with Crippen LogP contribution in [0, 0.1) is 0 Å². The molecule has 0 saturated carbocycles. The average molecular weight is 364 g/mol. The van der Waals surface area contributed by atoms with E-state index in [-0.39, 0.29) is 19.3 Å². The molecule has 7 heteroatoms. The largest absolute Gasteiger partial charge is 0.484 e. The Kier molecular flexibility index (Phi) is 4.74. The quantitative estimate of drug-likeness (QED) is 0.720. The first kappa shape index (κ1) is 16.7. The van der Waals surface area contributed by atoms with Crippen molar-refractivity contribution >= 4 is 11.6 Å². The van der Waals surface area contributed by atoms with Crippen molar-refractivity contribution in [2.24, 2.45) is 0 Å². The van der Waals surface area contributed by atoms with Crippen molar-refractivity contribution in [2.75, 3.05) is 18.7 Å². The molecule has 2 heterocycles. The lowest BCUT2D eigenvalue weighted by molar-refractivity contribution is -0.118. The average Bonchev–Trinajstić information content (AvgIpc) is 3.15. The first-order valence-electron chi connectivity index (χ1n) is 8.27. The maximum absolute atomic E-state index is 12.1. The van der Waals surface area contributed by atoms with Crippen LogP contribution in [-0.2, 0) is 4.79 Å². The first-order chi connectivity index (χ1) is 13.3. The predicted molar refractivity (Wildman–Crippen MR) is 97.4 cm³/mol. The molecule has 3 aromatic rings. The van der Waals surface area contributed by atoms with E-state index in [2.05, 4.69) is 10.3 Å². The van der Waals surface area contributed by atoms with Gasteiger partial charge in [-0.1, -0.05) is 12.1 Å². The fourth-order valence-corrected chi connectivity index (χ4v) is 2.48. The first-order valence-corrected chi connectivity index (χ1v) is 8.27. The van der Waals surface area contributed by atoms with Crippen molar-refractivity contribution in [1.29, 1.82) is 0 Å². The minimum Gasteiger partial charge on any atom is -0.484 e. The molecule has 7 nitrogen and oxygen atoms in total. The molecular formula is C20H16N2O5. The summed E-state index contributed by atoms with van der Waals surface area (Å²) < 4.78 is 21.7. The Balaban J connectivity index is 1.33. The number of nitrogens with zero attached hydrogens (tertiary/aromatic N) is 1. The Labute approximate surface area is 155 Å². The number of benzene rings is 2. The number of hydrogen-bond donors (Lipinski definition) is 1. The van der Waals surface area contributed by atoms with Gasteiger partial charge in [-0.3, -0.25) is 4.79 Å². The maximum atomic E-state index is 12.1. The third-order valence-electron chi connectivity index (χ3n) is 3.69. The molecule has 1 N–H and O–H groups in total. The van der Waals surface area contributed by atoms with Crippen molar-refractivity contribution in [1.82, 2.24) is 4.98 Å². The number of rotatable bonds is 6. The molecule has 4 rings (SSSR count). The van der Waals surface area contributed by atoms with Gasteiger partial charge in [-0.15, -0.1) is 0 Å². The van der Waals surface area contributed by atoms with E-state index < -0.39 is 0 Å². The van der Waals surface area contributed by atoms with Crippen LogP contribution >= 0.6 is 0 Å². The summed E-state index contributed by atoms with van der Waals surface area (Å²) in [7, 11) is 0. The number of amides is 1. The fraction of sp³-hybridized carbons (Fsp3) is 0.100. The normalized spacial score (nSPS) is 11.7. The Bertz CT molecular complexity index is 946. The van der Waals surface area contributed by atoms with Gasteiger partial charge in [0, 0.05) is 30.1 Å². The highest BCUT2D eigenvalue weighted by Crippen LogP contribution is 2.34. The topological polar surface area (TPSA) is 78.9 Å². The summed E-state index contributed by atoms with van der Waals surface area (Å²) in [6.07, 6.45) is 1.65. The summed E-state index contributed by atoms with van der Waals surface area (Å²) in [5.74, 6) is 2.55. The third kappa shape index (κ3) is 4.27. The van der Waals surface area contributed by atoms with Gasteiger partial charge in [-0.05, 0) is 30.3 Å². The Hall–Kier alpha value is -3.74. The van der Waals surface area contributed by atoms with Gasteiger partial charge in [0.25, 0.3) is 5.91 Å². The number of hydrogen-bond acceptors (Lipinski definition) is 6. The van der Waals surface area contributed by atoms with Crippen LogP contribution < -0.4 is 24.3 Å². The van der Waals surface area contributed by atoms with Crippen LogP contribution in [-0.4, -0.2) is 24.3 Å². The molecule has 0 saturated heterocycles. The molecule has 0 unspecified atom stereocenters. The van der Waals surface area contributed by atoms with Gasteiger partial charge in [-0.2, -0.15) is 0 Å². The van der Waals surface area contributed by atoms with Crippen molar-refractivity contribution in [2.45, 2.75) is 0 Å². The van der Waals surface area contributed by atoms with E-state index >= 15 is 0 Å². The third-order valence-corrected chi connectivity index (χ3v) is 3.69. The number of carbonyl (C=O) groups is 1. The molecule has 27 heavy (non-hydrogen) atoms. The molecule has 2 aromatic carbocycles. The Morgan fingerprint density at radius 2 is 1.89 bits per heavy atom. The molecule has 0 bridgehead atoms. The predicted octanol–water partition coefficient (Wildman–Crippen LogP) is 3.62. The maximum Gasteiger partial charge on any atom is 0.262 e. The summed E-state index contributed by atoms with van der Waals surface area (Å²) in [4.78, 5) is 16.2. The van der Waals surface area contributed by atoms with Crippen molar-refractivity contribution in [3.05, 3.63) is 66.9 Å². The molecule has 136 valence electrons. The summed E-state index contributed by atoms with van der Waals surface area (Å²) >= 11 is 0. The van der Waals surface area contributed by atoms with Crippen LogP contribution in [0.2, 0.25) is 0 Å². The number of anilines is 1. The van der Waals surface area contributed by atoms with E-state index in [9.17, 15) is 4.79 Å². The van der Waals surface area contributed by atoms with Gasteiger partial charge < -0.3 is 24.3 Å². The lowest BCUT2D eigenvalue weighted by atomic mass is 10.3. The van der Waals surface area contributed by atoms with E-state index in [0.29, 0.717) is 34.6 Å². The lowest BCUT2D eigenvalue weighted by Crippen LogP contribution is -2.20. The SMILES string of the molecule is O=C(COc1cccc(Oc2ccccn2)c1)Nc1ccc2c(c1)OCO2. The molecule has 0 aliphatic carbocycles. The van der Waals surface area contributed by atoms with Crippen LogP contribution in [0.25, 0.3) is 0 Å². The van der Waals surface area contributed by atoms with Crippen molar-refractivity contribution in [3.63, 3.8) is 0 Å². The zero-order valence-corrected chi connectivity index (χ0v) is 14.3. The monoisotopic (exact) mass is 364 g/mol. The number of fused-ring (bicyclic) bond motifs is 1. The van der Waals surface area contributed by atoms with E-state index in [1.54, 1.807) is 54.7 Å². The molecular weight excluding hydrogens is 348 g/mol. The van der Waals surface area contributed by atoms with Gasteiger partial charge in [0.05, 0.1) is 0 Å². The fourth-order valence-electron chi connectivity index (χ4n) is 2.48. The molecule has 1 aromatic heterocycles. The van der Waals surface area contributed by atoms with Crippen LogP contribution in [0.1, 0.15) is 0 Å². The molecule has 1 aliphatic heterocycles. The second-order valence-electron chi connectivity index (χ2n) is 5.65. The highest BCUT2D eigenvalue weighted by atomic mass is 16.7. The Morgan fingerprint density at radius 1 is 1.00 bits per heavy atom. The summed E-state index contributed by atoms with van der Waals surface area (Å²) in [5.41, 5.74) is 0.611. The highest BCUT2D eigenvalue weighted by Gasteiger charge is 2.14. The van der Waals surface area contributed by atoms with E-state index in [4.69, 9.17) is 18.9 Å². The van der Waals surface area contributed by atoms with E-state index in [1.807, 2.05) is 12.1 Å². The standard InChI is InChI=1S/C20H16N2O5/c23-19(22-14-7-8-17-18(10-14)26-13-25-17)12-24-15-4-3-5-16(11-15)27-20-6-1-2-9-21-20/h1-11H,12-13H2,(H,22,23). The zero-order chi connectivity index (χ0) is 18.5. The molecule has 1 aliphatic rings. The highest BCUT2D eigenvalue weighted by molar-refractivity contribution is 5.92. The number of nitrogens with one attached hydrogen (secondary N) is 1. The van der Waals surface area contributed by atoms with Crippen LogP contribution in [0.15, 0.2) is 66.9 Å². The number of ether oxygens (including phenoxy) is 4. The van der Waals surface area contributed by atoms with E-state index in [0.717, 1.165) is 0 Å². The summed E-state index contributed by atoms with van der Waals surface area (Å²) in [5, 5.41) is 2.76. The zero-order valence-electron chi connectivity index (χ0n) is 14.3. The van der Waals surface area contributed by atoms with E-state index in [1.165, 1.54) is 0 Å². The van der Waals surface area contributed by atoms with Gasteiger partial charge >= 0.3 is 0 Å². The van der Waals surface area contributed by atoms with Crippen molar-refractivity contribution in [3.8, 4) is 28.9 Å². The second-order valence-corrected chi connectivity index (χ2v) is 5.65. The van der Waals surface area contributed by atoms with Gasteiger partial charge in [0.1, 0.15) is 11.5 Å². The second kappa shape index (κ2) is 7.65. The minimum absolute atomic E-state index is 0.137. The van der Waals surface area contributed by atoms with Crippen LogP contribution in [0.3, 0.4) is 0 Å². The molecule has 0 radical (unpaired) electrons. The number of carbonyl (C=O) groups excluding carboxylic acids is 1. The Morgan fingerprint density at radius 3 is 2.78 bits per heavy atom. The molecule has 0 fully saturated rings. The minimum atomic E-state index is -0.287. The molecule has 1 amide bonds. The van der Waals surface area contributed by atoms with Gasteiger partial charge in [0.2, 0.25) is 12.7 Å².